The zero-order chi connectivity index (χ0) is 18.2. The molecule has 0 aliphatic carbocycles. The Morgan fingerprint density at radius 3 is 2.76 bits per heavy atom. The van der Waals surface area contributed by atoms with Crippen LogP contribution in [0.5, 0.6) is 0 Å². The number of rotatable bonds is 6. The molecule has 5 nitrogen and oxygen atoms in total. The van der Waals surface area contributed by atoms with E-state index >= 15 is 0 Å². The fourth-order valence-electron chi connectivity index (χ4n) is 3.30. The number of aliphatic imine (C=N–C) groups is 1. The van der Waals surface area contributed by atoms with Gasteiger partial charge in [-0.1, -0.05) is 19.9 Å². The number of hydrogen-bond donors (Lipinski definition) is 1. The van der Waals surface area contributed by atoms with Gasteiger partial charge in [-0.3, -0.25) is 4.90 Å². The van der Waals surface area contributed by atoms with Crippen LogP contribution in [0, 0.1) is 17.1 Å². The highest BCUT2D eigenvalue weighted by atomic mass is 19.1. The molecular weight excluding hydrogens is 317 g/mol. The molecule has 1 heterocycles. The Morgan fingerprint density at radius 2 is 2.16 bits per heavy atom. The third-order valence-corrected chi connectivity index (χ3v) is 4.71. The maximum absolute atomic E-state index is 14.0. The number of likely N-dealkylation sites (N-methyl/N-ethyl adjacent to an activating group) is 1. The third-order valence-electron chi connectivity index (χ3n) is 4.71. The summed E-state index contributed by atoms with van der Waals surface area (Å²) in [7, 11) is 0. The van der Waals surface area contributed by atoms with Gasteiger partial charge in [-0.25, -0.2) is 9.38 Å². The van der Waals surface area contributed by atoms with Gasteiger partial charge in [0.25, 0.3) is 0 Å². The lowest BCUT2D eigenvalue weighted by Crippen LogP contribution is -2.43. The molecular formula is C19H28FN5. The summed E-state index contributed by atoms with van der Waals surface area (Å²) in [5, 5.41) is 12.1. The van der Waals surface area contributed by atoms with Crippen LogP contribution in [-0.2, 0) is 6.54 Å². The molecule has 1 saturated heterocycles. The molecule has 0 spiro atoms. The molecule has 6 heteroatoms. The third kappa shape index (κ3) is 4.93. The molecule has 1 N–H and O–H groups in total. The fourth-order valence-corrected chi connectivity index (χ4v) is 3.30. The average Bonchev–Trinajstić information content (AvgIpc) is 3.10. The van der Waals surface area contributed by atoms with Crippen LogP contribution in [0.3, 0.4) is 0 Å². The predicted molar refractivity (Wildman–Crippen MR) is 98.8 cm³/mol. The van der Waals surface area contributed by atoms with E-state index in [9.17, 15) is 4.39 Å². The Labute approximate surface area is 150 Å². The largest absolute Gasteiger partial charge is 0.357 e. The maximum Gasteiger partial charge on any atom is 0.194 e. The van der Waals surface area contributed by atoms with Crippen LogP contribution in [0.1, 0.15) is 38.3 Å². The van der Waals surface area contributed by atoms with Crippen LogP contribution in [0.25, 0.3) is 0 Å². The van der Waals surface area contributed by atoms with E-state index in [0.717, 1.165) is 45.1 Å². The Bertz CT molecular complexity index is 633. The predicted octanol–water partition coefficient (Wildman–Crippen LogP) is 2.58. The minimum Gasteiger partial charge on any atom is -0.357 e. The lowest BCUT2D eigenvalue weighted by atomic mass is 10.1. The first-order valence-corrected chi connectivity index (χ1v) is 9.08. The average molecular weight is 345 g/mol. The normalized spacial score (nSPS) is 17.8. The van der Waals surface area contributed by atoms with E-state index < -0.39 is 0 Å². The van der Waals surface area contributed by atoms with Crippen LogP contribution < -0.4 is 5.32 Å². The van der Waals surface area contributed by atoms with E-state index in [0.29, 0.717) is 17.2 Å². The van der Waals surface area contributed by atoms with E-state index in [1.54, 1.807) is 12.1 Å². The summed E-state index contributed by atoms with van der Waals surface area (Å²) in [6.07, 6.45) is 1.12. The van der Waals surface area contributed by atoms with Crippen molar-refractivity contribution in [2.75, 3.05) is 32.7 Å². The molecule has 1 unspecified atom stereocenters. The van der Waals surface area contributed by atoms with Crippen molar-refractivity contribution in [1.82, 2.24) is 15.1 Å². The van der Waals surface area contributed by atoms with E-state index in [2.05, 4.69) is 34.0 Å². The summed E-state index contributed by atoms with van der Waals surface area (Å²) in [5.74, 6) is 0.460. The first-order chi connectivity index (χ1) is 12.1. The lowest BCUT2D eigenvalue weighted by Gasteiger charge is -2.27. The van der Waals surface area contributed by atoms with Gasteiger partial charge in [-0.2, -0.15) is 5.26 Å². The number of nitrogens with zero attached hydrogens (tertiary/aromatic N) is 4. The van der Waals surface area contributed by atoms with Gasteiger partial charge in [0.1, 0.15) is 5.82 Å². The molecule has 25 heavy (non-hydrogen) atoms. The highest BCUT2D eigenvalue weighted by molar-refractivity contribution is 5.80. The molecule has 1 fully saturated rings. The molecule has 0 bridgehead atoms. The van der Waals surface area contributed by atoms with Crippen LogP contribution in [0.4, 0.5) is 4.39 Å². The fraction of sp³-hybridized carbons (Fsp3) is 0.579. The summed E-state index contributed by atoms with van der Waals surface area (Å²) in [6.45, 7) is 11.5. The van der Waals surface area contributed by atoms with E-state index in [1.165, 1.54) is 6.07 Å². The van der Waals surface area contributed by atoms with E-state index in [-0.39, 0.29) is 12.4 Å². The molecule has 1 aromatic rings. The van der Waals surface area contributed by atoms with Crippen LogP contribution in [0.15, 0.2) is 23.2 Å². The number of benzene rings is 1. The second-order valence-electron chi connectivity index (χ2n) is 6.20. The zero-order valence-corrected chi connectivity index (χ0v) is 15.4. The number of nitrogens with one attached hydrogen (secondary N) is 1. The maximum atomic E-state index is 14.0. The van der Waals surface area contributed by atoms with Crippen LogP contribution in [0.2, 0.25) is 0 Å². The topological polar surface area (TPSA) is 54.7 Å². The van der Waals surface area contributed by atoms with Gasteiger partial charge < -0.3 is 10.2 Å². The van der Waals surface area contributed by atoms with Crippen molar-refractivity contribution in [2.24, 2.45) is 4.99 Å². The minimum absolute atomic E-state index is 0.270. The second-order valence-corrected chi connectivity index (χ2v) is 6.20. The molecule has 2 rings (SSSR count). The molecule has 136 valence electrons. The Kier molecular flexibility index (Phi) is 7.20. The standard InChI is InChI=1S/C19H28FN5/c1-4-22-19(25-10-9-17(14-25)24(5-2)6-3)23-13-16-8-7-15(12-21)11-18(16)20/h7-8,11,17H,4-6,9-10,13-14H2,1-3H3,(H,22,23). The van der Waals surface area contributed by atoms with E-state index in [4.69, 9.17) is 5.26 Å². The van der Waals surface area contributed by atoms with Crippen LogP contribution in [-0.4, -0.2) is 54.5 Å². The van der Waals surface area contributed by atoms with Gasteiger partial charge in [0.2, 0.25) is 0 Å². The quantitative estimate of drug-likeness (QED) is 0.636. The van der Waals surface area contributed by atoms with Gasteiger partial charge in [-0.15, -0.1) is 0 Å². The molecule has 1 aliphatic rings. The summed E-state index contributed by atoms with van der Waals surface area (Å²) in [6, 6.07) is 7.04. The summed E-state index contributed by atoms with van der Waals surface area (Å²) >= 11 is 0. The molecule has 0 saturated carbocycles. The summed E-state index contributed by atoms with van der Waals surface area (Å²) in [4.78, 5) is 9.35. The molecule has 0 radical (unpaired) electrons. The first-order valence-electron chi connectivity index (χ1n) is 9.08. The van der Waals surface area contributed by atoms with Gasteiger partial charge >= 0.3 is 0 Å². The van der Waals surface area contributed by atoms with Crippen molar-refractivity contribution in [3.8, 4) is 6.07 Å². The van der Waals surface area contributed by atoms with Crippen molar-refractivity contribution in [3.63, 3.8) is 0 Å². The van der Waals surface area contributed by atoms with Crippen molar-refractivity contribution < 1.29 is 4.39 Å². The van der Waals surface area contributed by atoms with Crippen molar-refractivity contribution >= 4 is 5.96 Å². The van der Waals surface area contributed by atoms with Gasteiger partial charge in [0.05, 0.1) is 18.2 Å². The molecule has 1 aliphatic heterocycles. The minimum atomic E-state index is -0.374. The highest BCUT2D eigenvalue weighted by Gasteiger charge is 2.27. The molecule has 1 atom stereocenters. The number of hydrogen-bond acceptors (Lipinski definition) is 3. The molecule has 0 amide bonds. The van der Waals surface area contributed by atoms with Crippen molar-refractivity contribution in [2.45, 2.75) is 39.8 Å². The second kappa shape index (κ2) is 9.38. The van der Waals surface area contributed by atoms with Crippen LogP contribution >= 0.6 is 0 Å². The van der Waals surface area contributed by atoms with Crippen molar-refractivity contribution in [3.05, 3.63) is 35.1 Å². The Balaban J connectivity index is 2.08. The smallest absolute Gasteiger partial charge is 0.194 e. The van der Waals surface area contributed by atoms with Crippen molar-refractivity contribution in [1.29, 1.82) is 5.26 Å². The van der Waals surface area contributed by atoms with E-state index in [1.807, 2.05) is 13.0 Å². The highest BCUT2D eigenvalue weighted by Crippen LogP contribution is 2.16. The van der Waals surface area contributed by atoms with Gasteiger partial charge in [0.15, 0.2) is 5.96 Å². The molecule has 1 aromatic carbocycles. The summed E-state index contributed by atoms with van der Waals surface area (Å²) < 4.78 is 14.0. The van der Waals surface area contributed by atoms with Gasteiger partial charge in [-0.05, 0) is 38.6 Å². The number of halogens is 1. The Morgan fingerprint density at radius 1 is 1.40 bits per heavy atom. The number of likely N-dealkylation sites (tertiary alicyclic amines) is 1. The summed E-state index contributed by atoms with van der Waals surface area (Å²) in [5.41, 5.74) is 0.840. The van der Waals surface area contributed by atoms with Gasteiger partial charge in [0, 0.05) is 31.2 Å². The number of nitriles is 1. The SMILES string of the molecule is CCNC(=NCc1ccc(C#N)cc1F)N1CCC(N(CC)CC)C1. The first kappa shape index (κ1) is 19.2. The molecule has 0 aromatic heterocycles. The number of guanidine groups is 1. The zero-order valence-electron chi connectivity index (χ0n) is 15.4. The lowest BCUT2D eigenvalue weighted by molar-refractivity contribution is 0.223. The monoisotopic (exact) mass is 345 g/mol. The Hall–Kier alpha value is -2.13.